The second kappa shape index (κ2) is 46.8. The highest BCUT2D eigenvalue weighted by Gasteiger charge is 2.46. The highest BCUT2D eigenvalue weighted by atomic mass is 32.1. The van der Waals surface area contributed by atoms with E-state index in [0.717, 1.165) is 55.1 Å². The van der Waals surface area contributed by atoms with Crippen molar-refractivity contribution in [1.29, 1.82) is 0 Å². The molecule has 11 atom stereocenters. The molecule has 7 aromatic rings. The zero-order valence-electron chi connectivity index (χ0n) is 76.8. The van der Waals surface area contributed by atoms with E-state index in [1.807, 2.05) is 154 Å². The summed E-state index contributed by atoms with van der Waals surface area (Å²) < 4.78 is 29.4. The van der Waals surface area contributed by atoms with Gasteiger partial charge >= 0.3 is 24.3 Å². The number of likely N-dealkylation sites (tertiary alicyclic amines) is 1. The first-order chi connectivity index (χ1) is 62.1. The number of rotatable bonds is 45. The van der Waals surface area contributed by atoms with Crippen LogP contribution < -0.4 is 58.9 Å². The van der Waals surface area contributed by atoms with E-state index in [2.05, 4.69) is 58.2 Å². The lowest BCUT2D eigenvalue weighted by Gasteiger charge is -2.41. The topological polar surface area (TPSA) is 417 Å². The van der Waals surface area contributed by atoms with Gasteiger partial charge in [0.2, 0.25) is 47.3 Å². The van der Waals surface area contributed by atoms with Crippen LogP contribution in [-0.2, 0) is 75.1 Å². The standard InChI is InChI=1S/C98H128N14O17S/c1-15-60(6)83(79(125-13)54-80(113)112-51-30-43-78(112)84(126-14)61(7)85(114)105-77(89-100-50-52-130-89)53-62-31-17-16-18-32-62)111(12)90(118)82(59(4)5)108-92(120)98(10,11)109-95(123)127-55-63-44-46-64(47-45-63)103-86(115)75(42-29-49-101-93(99)121)104-88(117)81(58(2)3)107-87(116)76(41-27-28-48-102-94(122)128-56-73-69-37-23-19-33-65(69)66-34-20-24-38-70(66)73)106-91(119)97(8,9)110-96(124)129-57-74-71-39-25-21-35-67(71)68-36-22-26-40-72(68)74/h16-26,31-40,44-47,50,52,58-61,73-79,81-84H,15,27-30,41-43,48-49,51,53-57H2,1-14H3,(H,102,122)(H,103,115)(H,104,117)(H,105,114)(H,106,119)(H,107,116)(H,108,120)(H,109,123)(H,110,124)(H3,99,101,121)/t60-,61+,75-,76-,77-,78-,79+,81-,82-,83-,84+/m0/s1. The molecule has 0 bridgehead atoms. The third kappa shape index (κ3) is 26.3. The lowest BCUT2D eigenvalue weighted by atomic mass is 9.89. The molecule has 0 spiro atoms. The number of fused-ring (bicyclic) bond motifs is 6. The predicted octanol–water partition coefficient (Wildman–Crippen LogP) is 11.8. The Labute approximate surface area is 765 Å². The number of anilines is 1. The van der Waals surface area contributed by atoms with E-state index >= 15 is 0 Å². The van der Waals surface area contributed by atoms with Crippen molar-refractivity contribution in [3.05, 3.63) is 202 Å². The van der Waals surface area contributed by atoms with Crippen molar-refractivity contribution < 1.29 is 81.2 Å². The smallest absolute Gasteiger partial charge is 0.408 e. The Hall–Kier alpha value is -12.3. The number of benzene rings is 6. The lowest BCUT2D eigenvalue weighted by Crippen LogP contribution is -2.62. The maximum Gasteiger partial charge on any atom is 0.408 e. The number of ether oxygens (including phenoxy) is 5. The summed E-state index contributed by atoms with van der Waals surface area (Å²) in [5.41, 5.74) is 12.2. The first kappa shape index (κ1) is 99.9. The molecule has 0 unspecified atom stereocenters. The summed E-state index contributed by atoms with van der Waals surface area (Å²) in [5, 5.41) is 30.5. The van der Waals surface area contributed by atoms with E-state index in [1.54, 1.807) is 65.1 Å². The van der Waals surface area contributed by atoms with Crippen LogP contribution in [0.1, 0.15) is 190 Å². The average molecular weight is 1810 g/mol. The van der Waals surface area contributed by atoms with Crippen LogP contribution in [-0.4, -0.2) is 200 Å². The molecule has 3 aliphatic rings. The Bertz CT molecular complexity index is 4960. The molecule has 1 aromatic heterocycles. The van der Waals surface area contributed by atoms with Crippen LogP contribution in [0.25, 0.3) is 22.3 Å². The fourth-order valence-electron chi connectivity index (χ4n) is 17.2. The first-order valence-corrected chi connectivity index (χ1v) is 45.7. The first-order valence-electron chi connectivity index (χ1n) is 44.8. The van der Waals surface area contributed by atoms with Gasteiger partial charge in [-0.05, 0) is 165 Å². The number of primary amides is 1. The summed E-state index contributed by atoms with van der Waals surface area (Å²) in [6.07, 6.45) is 0.804. The minimum Gasteiger partial charge on any atom is -0.449 e. The van der Waals surface area contributed by atoms with E-state index in [1.165, 1.54) is 63.2 Å². The summed E-state index contributed by atoms with van der Waals surface area (Å²) in [5.74, 6) is -6.94. The van der Waals surface area contributed by atoms with Crippen molar-refractivity contribution in [2.75, 3.05) is 59.4 Å². The molecule has 12 N–H and O–H groups in total. The Balaban J connectivity index is 0.728. The predicted molar refractivity (Wildman–Crippen MR) is 495 cm³/mol. The molecule has 0 saturated carbocycles. The number of urea groups is 1. The minimum atomic E-state index is -1.66. The normalized spacial score (nSPS) is 15.8. The molecule has 6 aromatic carbocycles. The number of nitrogens with one attached hydrogen (secondary N) is 10. The highest BCUT2D eigenvalue weighted by molar-refractivity contribution is 7.09. The Kier molecular flexibility index (Phi) is 36.0. The quantitative estimate of drug-likeness (QED) is 0.0125. The van der Waals surface area contributed by atoms with Gasteiger partial charge < -0.3 is 92.4 Å². The van der Waals surface area contributed by atoms with Crippen LogP contribution in [0.15, 0.2) is 163 Å². The van der Waals surface area contributed by atoms with Crippen molar-refractivity contribution in [3.63, 3.8) is 0 Å². The number of alkyl carbamates (subject to hydrolysis) is 3. The van der Waals surface area contributed by atoms with Gasteiger partial charge in [-0.15, -0.1) is 11.3 Å². The average Bonchev–Trinajstić information content (AvgIpc) is 1.61. The Morgan fingerprint density at radius 1 is 0.554 bits per heavy atom. The van der Waals surface area contributed by atoms with Crippen LogP contribution in [0.4, 0.5) is 24.9 Å². The maximum absolute atomic E-state index is 14.9. The zero-order valence-corrected chi connectivity index (χ0v) is 77.6. The molecule has 1 saturated heterocycles. The van der Waals surface area contributed by atoms with Gasteiger partial charge in [0.25, 0.3) is 0 Å². The van der Waals surface area contributed by atoms with E-state index in [4.69, 9.17) is 29.4 Å². The minimum absolute atomic E-state index is 0.00378. The molecule has 1 aliphatic heterocycles. The maximum atomic E-state index is 14.9. The molecular weight excluding hydrogens is 1680 g/mol. The zero-order chi connectivity index (χ0) is 94.1. The van der Waals surface area contributed by atoms with Crippen molar-refractivity contribution >= 4 is 88.6 Å². The Morgan fingerprint density at radius 3 is 1.61 bits per heavy atom. The van der Waals surface area contributed by atoms with Gasteiger partial charge in [-0.1, -0.05) is 194 Å². The second-order valence-corrected chi connectivity index (χ2v) is 36.4. The number of carbonyl (C=O) groups is 12. The van der Waals surface area contributed by atoms with Crippen LogP contribution in [0.3, 0.4) is 0 Å². The number of unbranched alkanes of at least 4 members (excludes halogenated alkanes) is 1. The van der Waals surface area contributed by atoms with Gasteiger partial charge in [0.15, 0.2) is 0 Å². The van der Waals surface area contributed by atoms with Crippen molar-refractivity contribution in [2.24, 2.45) is 29.4 Å². The fraction of sp³-hybridized carbons (Fsp3) is 0.480. The van der Waals surface area contributed by atoms with E-state index < -0.39 is 137 Å². The van der Waals surface area contributed by atoms with Crippen LogP contribution in [0.5, 0.6) is 0 Å². The van der Waals surface area contributed by atoms with E-state index in [-0.39, 0.29) is 106 Å². The summed E-state index contributed by atoms with van der Waals surface area (Å²) >= 11 is 1.46. The summed E-state index contributed by atoms with van der Waals surface area (Å²) in [4.78, 5) is 176. The monoisotopic (exact) mass is 1800 g/mol. The number of thiazole rings is 1. The molecule has 32 heteroatoms. The SMILES string of the molecule is CC[C@H](C)[C@@H]([C@@H](CC(=O)N1CCC[C@H]1[C@H](OC)[C@@H](C)C(=O)N[C@@H](Cc1ccccc1)c1nccs1)OC)N(C)C(=O)[C@@H](NC(=O)C(C)(C)NC(=O)OCc1ccc(NC(=O)[C@H](CCCNC(N)=O)NC(=O)[C@@H](NC(=O)[C@H](CCCCNC(=O)OCC2c3ccccc3-c3ccccc32)NC(=O)C(C)(C)NC(=O)OCC2c3ccccc3-c3ccccc32)C(C)C)cc1)C(C)C. The molecular formula is C98H128N14O17S. The number of likely N-dealkylation sites (N-methyl/N-ethyl adjacent to an activating group) is 1. The van der Waals surface area contributed by atoms with Gasteiger partial charge in [0.1, 0.15) is 60.1 Å². The van der Waals surface area contributed by atoms with Gasteiger partial charge in [-0.2, -0.15) is 0 Å². The van der Waals surface area contributed by atoms with Gasteiger partial charge in [0.05, 0.1) is 42.7 Å². The number of hydrogen-bond acceptors (Lipinski definition) is 19. The largest absolute Gasteiger partial charge is 0.449 e. The number of methoxy groups -OCH3 is 2. The third-order valence-electron chi connectivity index (χ3n) is 24.7. The van der Waals surface area contributed by atoms with E-state index in [9.17, 15) is 57.5 Å². The third-order valence-corrected chi connectivity index (χ3v) is 25.6. The number of amides is 13. The molecule has 13 amide bonds. The molecule has 130 heavy (non-hydrogen) atoms. The summed E-state index contributed by atoms with van der Waals surface area (Å²) in [6, 6.07) is 40.5. The molecule has 31 nitrogen and oxygen atoms in total. The molecule has 0 radical (unpaired) electrons. The number of nitrogens with two attached hydrogens (primary N) is 1. The summed E-state index contributed by atoms with van der Waals surface area (Å²) in [6.45, 7) is 18.9. The number of carbonyl (C=O) groups excluding carboxylic acids is 12. The van der Waals surface area contributed by atoms with Crippen molar-refractivity contribution in [3.8, 4) is 22.3 Å². The fourth-order valence-corrected chi connectivity index (χ4v) is 17.9. The van der Waals surface area contributed by atoms with Gasteiger partial charge in [0, 0.05) is 70.0 Å². The number of aromatic nitrogens is 1. The molecule has 1 fully saturated rings. The molecule has 2 heterocycles. The summed E-state index contributed by atoms with van der Waals surface area (Å²) in [7, 11) is 4.68. The molecule has 2 aliphatic carbocycles. The number of hydrogen-bond donors (Lipinski definition) is 11. The van der Waals surface area contributed by atoms with Crippen molar-refractivity contribution in [2.45, 2.75) is 224 Å². The van der Waals surface area contributed by atoms with Crippen LogP contribution >= 0.6 is 11.3 Å². The Morgan fingerprint density at radius 2 is 1.08 bits per heavy atom. The molecule has 698 valence electrons. The second-order valence-electron chi connectivity index (χ2n) is 35.5. The van der Waals surface area contributed by atoms with E-state index in [0.29, 0.717) is 44.2 Å². The number of nitrogens with zero attached hydrogens (tertiary/aromatic N) is 3. The van der Waals surface area contributed by atoms with Gasteiger partial charge in [-0.3, -0.25) is 38.4 Å². The lowest BCUT2D eigenvalue weighted by molar-refractivity contribution is -0.148. The van der Waals surface area contributed by atoms with Crippen LogP contribution in [0, 0.1) is 23.7 Å². The highest BCUT2D eigenvalue weighted by Crippen LogP contribution is 2.46. The van der Waals surface area contributed by atoms with Crippen LogP contribution in [0.2, 0.25) is 0 Å². The molecule has 10 rings (SSSR count). The van der Waals surface area contributed by atoms with Crippen molar-refractivity contribution in [1.82, 2.24) is 62.6 Å². The van der Waals surface area contributed by atoms with Gasteiger partial charge in [-0.25, -0.2) is 24.2 Å².